The van der Waals surface area contributed by atoms with Crippen molar-refractivity contribution in [3.8, 4) is 0 Å². The SMILES string of the molecule is CC(=O)N[C@@H](CSC(=S)NCCP(=O)(c1ccccc1)c1ccccc1)C(=O)O. The first-order chi connectivity index (χ1) is 13.8. The van der Waals surface area contributed by atoms with Crippen molar-refractivity contribution in [2.45, 2.75) is 13.0 Å². The van der Waals surface area contributed by atoms with E-state index in [2.05, 4.69) is 10.6 Å². The van der Waals surface area contributed by atoms with Gasteiger partial charge in [-0.3, -0.25) is 4.79 Å². The second-order valence-electron chi connectivity index (χ2n) is 6.25. The molecule has 1 amide bonds. The van der Waals surface area contributed by atoms with Crippen molar-refractivity contribution >= 4 is 57.9 Å². The van der Waals surface area contributed by atoms with Gasteiger partial charge in [0, 0.05) is 36.0 Å². The number of benzene rings is 2. The Morgan fingerprint density at radius 2 is 1.59 bits per heavy atom. The standard InChI is InChI=1S/C20H23N2O4PS2/c1-15(23)22-18(19(24)25)14-29-20(28)21-12-13-27(26,16-8-4-2-5-9-16)17-10-6-3-7-11-17/h2-11,18H,12-14H2,1H3,(H,21,28)(H,22,23)(H,24,25)/t18-/m0/s1. The quantitative estimate of drug-likeness (QED) is 0.398. The fourth-order valence-corrected chi connectivity index (χ4v) is 6.29. The van der Waals surface area contributed by atoms with Gasteiger partial charge in [-0.2, -0.15) is 0 Å². The van der Waals surface area contributed by atoms with Crippen molar-refractivity contribution in [1.29, 1.82) is 0 Å². The van der Waals surface area contributed by atoms with E-state index in [1.807, 2.05) is 60.7 Å². The van der Waals surface area contributed by atoms with Gasteiger partial charge < -0.3 is 20.3 Å². The minimum absolute atomic E-state index is 0.107. The number of aliphatic carboxylic acids is 1. The molecular formula is C20H23N2O4PS2. The van der Waals surface area contributed by atoms with E-state index in [1.54, 1.807) is 0 Å². The van der Waals surface area contributed by atoms with Crippen molar-refractivity contribution < 1.29 is 19.3 Å². The van der Waals surface area contributed by atoms with Gasteiger partial charge in [-0.1, -0.05) is 84.6 Å². The van der Waals surface area contributed by atoms with Crippen molar-refractivity contribution in [1.82, 2.24) is 10.6 Å². The second kappa shape index (κ2) is 11.1. The van der Waals surface area contributed by atoms with Crippen LogP contribution in [0.15, 0.2) is 60.7 Å². The Morgan fingerprint density at radius 3 is 2.03 bits per heavy atom. The van der Waals surface area contributed by atoms with Crippen LogP contribution >= 0.6 is 31.1 Å². The molecule has 0 aromatic heterocycles. The lowest BCUT2D eigenvalue weighted by molar-refractivity contribution is -0.140. The monoisotopic (exact) mass is 450 g/mol. The third kappa shape index (κ3) is 6.99. The highest BCUT2D eigenvalue weighted by molar-refractivity contribution is 8.23. The molecule has 2 aromatic carbocycles. The van der Waals surface area contributed by atoms with E-state index in [9.17, 15) is 14.2 Å². The first kappa shape index (κ1) is 23.1. The number of carbonyl (C=O) groups excluding carboxylic acids is 1. The van der Waals surface area contributed by atoms with Gasteiger partial charge in [0.2, 0.25) is 5.91 Å². The van der Waals surface area contributed by atoms with Crippen LogP contribution in [-0.4, -0.2) is 45.8 Å². The first-order valence-corrected chi connectivity index (χ1v) is 12.2. The molecule has 3 N–H and O–H groups in total. The number of thioether (sulfide) groups is 1. The topological polar surface area (TPSA) is 95.5 Å². The minimum atomic E-state index is -2.84. The Labute approximate surface area is 179 Å². The molecule has 0 aliphatic heterocycles. The molecule has 9 heteroatoms. The molecule has 0 unspecified atom stereocenters. The summed E-state index contributed by atoms with van der Waals surface area (Å²) in [7, 11) is -2.84. The molecule has 0 aliphatic carbocycles. The van der Waals surface area contributed by atoms with Gasteiger partial charge in [0.25, 0.3) is 0 Å². The molecule has 0 saturated carbocycles. The van der Waals surface area contributed by atoms with Crippen LogP contribution in [0.5, 0.6) is 0 Å². The Morgan fingerprint density at radius 1 is 1.07 bits per heavy atom. The maximum atomic E-state index is 13.9. The van der Waals surface area contributed by atoms with Gasteiger partial charge in [-0.15, -0.1) is 0 Å². The predicted molar refractivity (Wildman–Crippen MR) is 123 cm³/mol. The highest BCUT2D eigenvalue weighted by Gasteiger charge is 2.26. The number of amides is 1. The van der Waals surface area contributed by atoms with E-state index in [1.165, 1.54) is 6.92 Å². The zero-order valence-corrected chi connectivity index (χ0v) is 18.4. The summed E-state index contributed by atoms with van der Waals surface area (Å²) in [6.07, 6.45) is 0.371. The molecule has 0 aliphatic rings. The minimum Gasteiger partial charge on any atom is -0.480 e. The molecule has 0 fully saturated rings. The van der Waals surface area contributed by atoms with Gasteiger partial charge in [-0.25, -0.2) is 4.79 Å². The van der Waals surface area contributed by atoms with Crippen LogP contribution in [0.4, 0.5) is 0 Å². The molecule has 0 spiro atoms. The average molecular weight is 451 g/mol. The molecule has 0 bridgehead atoms. The first-order valence-electron chi connectivity index (χ1n) is 8.94. The Kier molecular flexibility index (Phi) is 8.89. The van der Waals surface area contributed by atoms with E-state index in [-0.39, 0.29) is 5.75 Å². The Hall–Kier alpha value is -2.15. The lowest BCUT2D eigenvalue weighted by atomic mass is 10.3. The van der Waals surface area contributed by atoms with Crippen molar-refractivity contribution in [3.05, 3.63) is 60.7 Å². The number of rotatable bonds is 9. The highest BCUT2D eigenvalue weighted by Crippen LogP contribution is 2.42. The Bertz CT molecular complexity index is 850. The second-order valence-corrected chi connectivity index (χ2v) is 10.9. The molecule has 0 saturated heterocycles. The average Bonchev–Trinajstić information content (AvgIpc) is 2.71. The predicted octanol–water partition coefficient (Wildman–Crippen LogP) is 2.20. The molecule has 154 valence electrons. The van der Waals surface area contributed by atoms with E-state index in [0.717, 1.165) is 22.4 Å². The van der Waals surface area contributed by atoms with Crippen LogP contribution in [0.2, 0.25) is 0 Å². The fourth-order valence-electron chi connectivity index (χ4n) is 2.69. The number of carboxylic acid groups (broad SMARTS) is 1. The van der Waals surface area contributed by atoms with Crippen LogP contribution in [0.3, 0.4) is 0 Å². The van der Waals surface area contributed by atoms with Crippen molar-refractivity contribution in [2.75, 3.05) is 18.5 Å². The van der Waals surface area contributed by atoms with E-state index in [4.69, 9.17) is 17.3 Å². The van der Waals surface area contributed by atoms with Crippen LogP contribution in [0.1, 0.15) is 6.92 Å². The summed E-state index contributed by atoms with van der Waals surface area (Å²) < 4.78 is 14.3. The largest absolute Gasteiger partial charge is 0.480 e. The van der Waals surface area contributed by atoms with Crippen LogP contribution < -0.4 is 21.2 Å². The number of hydrogen-bond acceptors (Lipinski definition) is 5. The summed E-state index contributed by atoms with van der Waals surface area (Å²) in [6.45, 7) is 1.65. The number of thiocarbonyl (C=S) groups is 1. The molecule has 2 rings (SSSR count). The normalized spacial score (nSPS) is 12.0. The van der Waals surface area contributed by atoms with Crippen LogP contribution in [-0.2, 0) is 14.2 Å². The molecule has 2 aromatic rings. The van der Waals surface area contributed by atoms with Crippen LogP contribution in [0.25, 0.3) is 0 Å². The smallest absolute Gasteiger partial charge is 0.327 e. The number of carbonyl (C=O) groups is 2. The summed E-state index contributed by atoms with van der Waals surface area (Å²) in [5, 5.41) is 16.1. The van der Waals surface area contributed by atoms with Gasteiger partial charge in [0.05, 0.1) is 0 Å². The molecule has 6 nitrogen and oxygen atoms in total. The van der Waals surface area contributed by atoms with E-state index >= 15 is 0 Å². The molecular weight excluding hydrogens is 427 g/mol. The lowest BCUT2D eigenvalue weighted by Crippen LogP contribution is -2.42. The third-order valence-corrected chi connectivity index (χ3v) is 8.62. The van der Waals surface area contributed by atoms with Gasteiger partial charge in [-0.05, 0) is 0 Å². The van der Waals surface area contributed by atoms with Crippen molar-refractivity contribution in [3.63, 3.8) is 0 Å². The van der Waals surface area contributed by atoms with Gasteiger partial charge in [0.15, 0.2) is 0 Å². The number of nitrogens with one attached hydrogen (secondary N) is 2. The zero-order valence-electron chi connectivity index (χ0n) is 15.9. The summed E-state index contributed by atoms with van der Waals surface area (Å²) in [4.78, 5) is 22.3. The maximum Gasteiger partial charge on any atom is 0.327 e. The Balaban J connectivity index is 1.98. The fraction of sp³-hybridized carbons (Fsp3) is 0.250. The highest BCUT2D eigenvalue weighted by atomic mass is 32.2. The molecule has 0 heterocycles. The third-order valence-electron chi connectivity index (χ3n) is 4.10. The van der Waals surface area contributed by atoms with Crippen molar-refractivity contribution in [2.24, 2.45) is 0 Å². The lowest BCUT2D eigenvalue weighted by Gasteiger charge is -2.20. The number of hydrogen-bond donors (Lipinski definition) is 3. The number of carboxylic acids is 1. The molecule has 0 radical (unpaired) electrons. The van der Waals surface area contributed by atoms with Gasteiger partial charge in [0.1, 0.15) is 17.5 Å². The molecule has 1 atom stereocenters. The van der Waals surface area contributed by atoms with E-state index < -0.39 is 25.1 Å². The van der Waals surface area contributed by atoms with Gasteiger partial charge >= 0.3 is 5.97 Å². The maximum absolute atomic E-state index is 13.9. The summed E-state index contributed by atoms with van der Waals surface area (Å²) >= 11 is 6.38. The van der Waals surface area contributed by atoms with Crippen LogP contribution in [0, 0.1) is 0 Å². The zero-order chi connectivity index (χ0) is 21.3. The summed E-state index contributed by atoms with van der Waals surface area (Å²) in [5.41, 5.74) is 0. The summed E-state index contributed by atoms with van der Waals surface area (Å²) in [6, 6.07) is 17.7. The summed E-state index contributed by atoms with van der Waals surface area (Å²) in [5.74, 6) is -1.42. The molecule has 29 heavy (non-hydrogen) atoms. The van der Waals surface area contributed by atoms with E-state index in [0.29, 0.717) is 17.0 Å².